The van der Waals surface area contributed by atoms with Gasteiger partial charge >= 0.3 is 0 Å². The minimum atomic E-state index is -0.747. The molecule has 3 nitrogen and oxygen atoms in total. The van der Waals surface area contributed by atoms with Gasteiger partial charge in [-0.15, -0.1) is 0 Å². The van der Waals surface area contributed by atoms with E-state index < -0.39 is 6.10 Å². The molecule has 0 aliphatic heterocycles. The lowest BCUT2D eigenvalue weighted by molar-refractivity contribution is 0.0648. The van der Waals surface area contributed by atoms with E-state index in [2.05, 4.69) is 0 Å². The van der Waals surface area contributed by atoms with Crippen molar-refractivity contribution in [2.75, 3.05) is 20.2 Å². The predicted molar refractivity (Wildman–Crippen MR) is 55.8 cm³/mol. The van der Waals surface area contributed by atoms with Gasteiger partial charge in [0.2, 0.25) is 0 Å². The van der Waals surface area contributed by atoms with Crippen molar-refractivity contribution in [3.8, 4) is 0 Å². The maximum absolute atomic E-state index is 12.8. The molecule has 1 aromatic carbocycles. The summed E-state index contributed by atoms with van der Waals surface area (Å²) >= 11 is 0. The quantitative estimate of drug-likeness (QED) is 0.753. The molecule has 84 valence electrons. The highest BCUT2D eigenvalue weighted by molar-refractivity contribution is 5.15. The lowest BCUT2D eigenvalue weighted by Crippen LogP contribution is -2.30. The Morgan fingerprint density at radius 3 is 2.80 bits per heavy atom. The molecule has 0 aromatic heterocycles. The van der Waals surface area contributed by atoms with Crippen molar-refractivity contribution in [2.24, 2.45) is 0 Å². The summed E-state index contributed by atoms with van der Waals surface area (Å²) in [5.41, 5.74) is 0.850. The summed E-state index contributed by atoms with van der Waals surface area (Å²) in [4.78, 5) is 1.83. The van der Waals surface area contributed by atoms with Crippen LogP contribution in [0.4, 0.5) is 4.39 Å². The van der Waals surface area contributed by atoms with Gasteiger partial charge in [-0.25, -0.2) is 4.39 Å². The number of hydrogen-bond acceptors (Lipinski definition) is 3. The molecule has 1 aromatic rings. The Balaban J connectivity index is 2.47. The SMILES string of the molecule is CN(Cc1cccc(F)c1)CC(O)CO. The summed E-state index contributed by atoms with van der Waals surface area (Å²) < 4.78 is 12.8. The lowest BCUT2D eigenvalue weighted by atomic mass is 10.2. The molecule has 0 radical (unpaired) electrons. The first-order valence-electron chi connectivity index (χ1n) is 4.83. The lowest BCUT2D eigenvalue weighted by Gasteiger charge is -2.19. The van der Waals surface area contributed by atoms with Gasteiger partial charge in [0.15, 0.2) is 0 Å². The second-order valence-corrected chi connectivity index (χ2v) is 3.66. The number of nitrogens with zero attached hydrogens (tertiary/aromatic N) is 1. The fourth-order valence-corrected chi connectivity index (χ4v) is 1.43. The van der Waals surface area contributed by atoms with Crippen LogP contribution in [0.3, 0.4) is 0 Å². The Morgan fingerprint density at radius 2 is 2.20 bits per heavy atom. The van der Waals surface area contributed by atoms with Crippen LogP contribution in [-0.2, 0) is 6.54 Å². The summed E-state index contributed by atoms with van der Waals surface area (Å²) in [6.07, 6.45) is -0.747. The smallest absolute Gasteiger partial charge is 0.123 e. The summed E-state index contributed by atoms with van der Waals surface area (Å²) in [5.74, 6) is -0.261. The van der Waals surface area contributed by atoms with Crippen LogP contribution in [0.5, 0.6) is 0 Å². The third kappa shape index (κ3) is 4.38. The van der Waals surface area contributed by atoms with Crippen LogP contribution in [0.15, 0.2) is 24.3 Å². The normalized spacial score (nSPS) is 13.1. The first-order valence-corrected chi connectivity index (χ1v) is 4.83. The van der Waals surface area contributed by atoms with Gasteiger partial charge in [0, 0.05) is 13.1 Å². The standard InChI is InChI=1S/C11H16FNO2/c1-13(7-11(15)8-14)6-9-3-2-4-10(12)5-9/h2-5,11,14-15H,6-8H2,1H3. The van der Waals surface area contributed by atoms with Crippen LogP contribution in [0.25, 0.3) is 0 Å². The van der Waals surface area contributed by atoms with Crippen LogP contribution in [0.1, 0.15) is 5.56 Å². The molecular weight excluding hydrogens is 197 g/mol. The number of aliphatic hydroxyl groups excluding tert-OH is 2. The average Bonchev–Trinajstić information content (AvgIpc) is 2.17. The highest BCUT2D eigenvalue weighted by atomic mass is 19.1. The topological polar surface area (TPSA) is 43.7 Å². The van der Waals surface area contributed by atoms with Gasteiger partial charge in [0.25, 0.3) is 0 Å². The van der Waals surface area contributed by atoms with E-state index in [9.17, 15) is 9.50 Å². The maximum atomic E-state index is 12.8. The van der Waals surface area contributed by atoms with E-state index in [1.54, 1.807) is 6.07 Å². The van der Waals surface area contributed by atoms with E-state index >= 15 is 0 Å². The van der Waals surface area contributed by atoms with E-state index in [1.165, 1.54) is 12.1 Å². The minimum absolute atomic E-state index is 0.256. The van der Waals surface area contributed by atoms with Crippen LogP contribution < -0.4 is 0 Å². The van der Waals surface area contributed by atoms with E-state index in [4.69, 9.17) is 5.11 Å². The van der Waals surface area contributed by atoms with E-state index in [1.807, 2.05) is 18.0 Å². The number of likely N-dealkylation sites (N-methyl/N-ethyl adjacent to an activating group) is 1. The van der Waals surface area contributed by atoms with Crippen molar-refractivity contribution in [2.45, 2.75) is 12.6 Å². The molecule has 0 saturated heterocycles. The average molecular weight is 213 g/mol. The van der Waals surface area contributed by atoms with Gasteiger partial charge in [0.1, 0.15) is 5.82 Å². The molecular formula is C11H16FNO2. The van der Waals surface area contributed by atoms with Crippen LogP contribution in [0, 0.1) is 5.82 Å². The number of hydrogen-bond donors (Lipinski definition) is 2. The van der Waals surface area contributed by atoms with Crippen molar-refractivity contribution >= 4 is 0 Å². The Morgan fingerprint density at radius 1 is 1.47 bits per heavy atom. The molecule has 1 unspecified atom stereocenters. The molecule has 0 aliphatic carbocycles. The predicted octanol–water partition coefficient (Wildman–Crippen LogP) is 0.611. The molecule has 2 N–H and O–H groups in total. The van der Waals surface area contributed by atoms with Crippen molar-refractivity contribution in [1.29, 1.82) is 0 Å². The maximum Gasteiger partial charge on any atom is 0.123 e. The van der Waals surface area contributed by atoms with Crippen LogP contribution >= 0.6 is 0 Å². The monoisotopic (exact) mass is 213 g/mol. The molecule has 0 amide bonds. The third-order valence-corrected chi connectivity index (χ3v) is 2.07. The van der Waals surface area contributed by atoms with E-state index in [-0.39, 0.29) is 12.4 Å². The van der Waals surface area contributed by atoms with Gasteiger partial charge in [0.05, 0.1) is 12.7 Å². The summed E-state index contributed by atoms with van der Waals surface area (Å²) in [5, 5.41) is 17.9. The van der Waals surface area contributed by atoms with Crippen molar-refractivity contribution in [3.63, 3.8) is 0 Å². The molecule has 0 bridgehead atoms. The molecule has 15 heavy (non-hydrogen) atoms. The first-order chi connectivity index (χ1) is 7.11. The minimum Gasteiger partial charge on any atom is -0.394 e. The fourth-order valence-electron chi connectivity index (χ4n) is 1.43. The Hall–Kier alpha value is -0.970. The van der Waals surface area contributed by atoms with Gasteiger partial charge in [-0.1, -0.05) is 12.1 Å². The summed E-state index contributed by atoms with van der Waals surface area (Å²) in [6.45, 7) is 0.662. The largest absolute Gasteiger partial charge is 0.394 e. The zero-order chi connectivity index (χ0) is 11.3. The highest BCUT2D eigenvalue weighted by Gasteiger charge is 2.07. The number of halogens is 1. The zero-order valence-electron chi connectivity index (χ0n) is 8.73. The zero-order valence-corrected chi connectivity index (χ0v) is 8.73. The van der Waals surface area contributed by atoms with E-state index in [0.717, 1.165) is 5.56 Å². The molecule has 4 heteroatoms. The van der Waals surface area contributed by atoms with Gasteiger partial charge < -0.3 is 10.2 Å². The van der Waals surface area contributed by atoms with Gasteiger partial charge in [-0.05, 0) is 24.7 Å². The van der Waals surface area contributed by atoms with Crippen molar-refractivity contribution in [3.05, 3.63) is 35.6 Å². The van der Waals surface area contributed by atoms with Crippen LogP contribution in [-0.4, -0.2) is 41.4 Å². The molecule has 0 spiro atoms. The highest BCUT2D eigenvalue weighted by Crippen LogP contribution is 2.06. The molecule has 0 aliphatic rings. The number of benzene rings is 1. The molecule has 0 heterocycles. The van der Waals surface area contributed by atoms with E-state index in [0.29, 0.717) is 13.1 Å². The summed E-state index contributed by atoms with van der Waals surface area (Å²) in [6, 6.07) is 6.33. The van der Waals surface area contributed by atoms with Crippen molar-refractivity contribution < 1.29 is 14.6 Å². The molecule has 1 rings (SSSR count). The van der Waals surface area contributed by atoms with Crippen LogP contribution in [0.2, 0.25) is 0 Å². The van der Waals surface area contributed by atoms with Gasteiger partial charge in [-0.3, -0.25) is 4.90 Å². The Bertz CT molecular complexity index is 306. The first kappa shape index (κ1) is 12.1. The molecule has 0 fully saturated rings. The number of rotatable bonds is 5. The summed E-state index contributed by atoms with van der Waals surface area (Å²) in [7, 11) is 1.81. The second-order valence-electron chi connectivity index (χ2n) is 3.66. The fraction of sp³-hybridized carbons (Fsp3) is 0.455. The van der Waals surface area contributed by atoms with Crippen molar-refractivity contribution in [1.82, 2.24) is 4.90 Å². The Labute approximate surface area is 88.8 Å². The second kappa shape index (κ2) is 5.80. The Kier molecular flexibility index (Phi) is 4.68. The molecule has 1 atom stereocenters. The third-order valence-electron chi connectivity index (χ3n) is 2.07. The number of aliphatic hydroxyl groups is 2. The van der Waals surface area contributed by atoms with Gasteiger partial charge in [-0.2, -0.15) is 0 Å². The molecule has 0 saturated carbocycles.